The highest BCUT2D eigenvalue weighted by molar-refractivity contribution is 7.12. The first kappa shape index (κ1) is 14.2. The van der Waals surface area contributed by atoms with Crippen LogP contribution in [0.25, 0.3) is 0 Å². The van der Waals surface area contributed by atoms with E-state index in [4.69, 9.17) is 0 Å². The SMILES string of the molecule is Cc1cc(CNCC(F)(F)c2ccccc2)sc1C. The molecule has 1 N–H and O–H groups in total. The lowest BCUT2D eigenvalue weighted by atomic mass is 10.1. The van der Waals surface area contributed by atoms with E-state index in [-0.39, 0.29) is 12.1 Å². The summed E-state index contributed by atoms with van der Waals surface area (Å²) in [6.45, 7) is 4.23. The highest BCUT2D eigenvalue weighted by Crippen LogP contribution is 2.27. The molecule has 0 aliphatic rings. The first-order valence-corrected chi connectivity index (χ1v) is 7.00. The van der Waals surface area contributed by atoms with E-state index >= 15 is 0 Å². The van der Waals surface area contributed by atoms with Gasteiger partial charge < -0.3 is 5.32 Å². The van der Waals surface area contributed by atoms with Crippen molar-refractivity contribution in [2.75, 3.05) is 6.54 Å². The van der Waals surface area contributed by atoms with E-state index in [1.165, 1.54) is 22.6 Å². The van der Waals surface area contributed by atoms with Crippen molar-refractivity contribution in [1.82, 2.24) is 5.32 Å². The normalized spacial score (nSPS) is 11.8. The Bertz CT molecular complexity index is 515. The summed E-state index contributed by atoms with van der Waals surface area (Å²) < 4.78 is 27.8. The quantitative estimate of drug-likeness (QED) is 0.864. The van der Waals surface area contributed by atoms with Crippen molar-refractivity contribution in [3.05, 3.63) is 57.3 Å². The maximum atomic E-state index is 13.9. The number of hydrogen-bond acceptors (Lipinski definition) is 2. The maximum absolute atomic E-state index is 13.9. The van der Waals surface area contributed by atoms with Crippen LogP contribution in [-0.4, -0.2) is 6.54 Å². The predicted octanol–water partition coefficient (Wildman–Crippen LogP) is 4.25. The minimum absolute atomic E-state index is 0.0565. The van der Waals surface area contributed by atoms with Crippen LogP contribution in [-0.2, 0) is 12.5 Å². The van der Waals surface area contributed by atoms with Gasteiger partial charge in [0.15, 0.2) is 0 Å². The van der Waals surface area contributed by atoms with Gasteiger partial charge >= 0.3 is 0 Å². The highest BCUT2D eigenvalue weighted by atomic mass is 32.1. The van der Waals surface area contributed by atoms with Crippen LogP contribution in [0.15, 0.2) is 36.4 Å². The Morgan fingerprint density at radius 2 is 1.84 bits per heavy atom. The standard InChI is InChI=1S/C15H17F2NS/c1-11-8-14(19-12(11)2)9-18-10-15(16,17)13-6-4-3-5-7-13/h3-8,18H,9-10H2,1-2H3. The molecule has 19 heavy (non-hydrogen) atoms. The Morgan fingerprint density at radius 1 is 1.16 bits per heavy atom. The molecule has 1 nitrogen and oxygen atoms in total. The van der Waals surface area contributed by atoms with E-state index in [0.29, 0.717) is 6.54 Å². The van der Waals surface area contributed by atoms with Gasteiger partial charge in [0.1, 0.15) is 0 Å². The minimum Gasteiger partial charge on any atom is -0.306 e. The third-order valence-corrected chi connectivity index (χ3v) is 4.21. The van der Waals surface area contributed by atoms with Crippen LogP contribution >= 0.6 is 11.3 Å². The molecule has 0 aliphatic carbocycles. The summed E-state index contributed by atoms with van der Waals surface area (Å²) >= 11 is 1.65. The van der Waals surface area contributed by atoms with Gasteiger partial charge in [-0.15, -0.1) is 11.3 Å². The van der Waals surface area contributed by atoms with E-state index < -0.39 is 5.92 Å². The molecule has 0 unspecified atom stereocenters. The largest absolute Gasteiger partial charge is 0.306 e. The van der Waals surface area contributed by atoms with E-state index in [1.54, 1.807) is 29.5 Å². The molecule has 0 fully saturated rings. The molecule has 0 atom stereocenters. The molecule has 4 heteroatoms. The summed E-state index contributed by atoms with van der Waals surface area (Å²) in [6, 6.07) is 9.98. The highest BCUT2D eigenvalue weighted by Gasteiger charge is 2.30. The third kappa shape index (κ3) is 3.61. The smallest absolute Gasteiger partial charge is 0.285 e. The lowest BCUT2D eigenvalue weighted by Crippen LogP contribution is -2.30. The van der Waals surface area contributed by atoms with Crippen molar-refractivity contribution in [2.45, 2.75) is 26.3 Å². The minimum atomic E-state index is -2.83. The van der Waals surface area contributed by atoms with Crippen LogP contribution in [0.2, 0.25) is 0 Å². The number of halogens is 2. The number of hydrogen-bond donors (Lipinski definition) is 1. The average Bonchev–Trinajstić information content (AvgIpc) is 2.69. The van der Waals surface area contributed by atoms with Crippen LogP contribution in [0.1, 0.15) is 20.9 Å². The first-order valence-electron chi connectivity index (χ1n) is 6.19. The number of benzene rings is 1. The van der Waals surface area contributed by atoms with E-state index in [2.05, 4.69) is 5.32 Å². The molecular weight excluding hydrogens is 264 g/mol. The number of aryl methyl sites for hydroxylation is 2. The van der Waals surface area contributed by atoms with Gasteiger partial charge in [0, 0.05) is 21.9 Å². The number of thiophene rings is 1. The molecule has 2 rings (SSSR count). The van der Waals surface area contributed by atoms with Gasteiger partial charge in [-0.3, -0.25) is 0 Å². The fourth-order valence-electron chi connectivity index (χ4n) is 1.86. The monoisotopic (exact) mass is 281 g/mol. The van der Waals surface area contributed by atoms with Crippen molar-refractivity contribution in [3.63, 3.8) is 0 Å². The molecule has 0 bridgehead atoms. The predicted molar refractivity (Wildman–Crippen MR) is 75.8 cm³/mol. The van der Waals surface area contributed by atoms with Gasteiger partial charge in [0.2, 0.25) is 0 Å². The molecule has 1 aromatic heterocycles. The second-order valence-electron chi connectivity index (χ2n) is 4.63. The molecular formula is C15H17F2NS. The maximum Gasteiger partial charge on any atom is 0.285 e. The lowest BCUT2D eigenvalue weighted by Gasteiger charge is -2.17. The number of rotatable bonds is 5. The Morgan fingerprint density at radius 3 is 2.42 bits per heavy atom. The lowest BCUT2D eigenvalue weighted by molar-refractivity contribution is -0.00337. The van der Waals surface area contributed by atoms with E-state index in [0.717, 1.165) is 4.88 Å². The molecule has 102 valence electrons. The Labute approximate surface area is 116 Å². The van der Waals surface area contributed by atoms with Gasteiger partial charge in [0.25, 0.3) is 5.92 Å². The first-order chi connectivity index (χ1) is 8.99. The summed E-state index contributed by atoms with van der Waals surface area (Å²) in [4.78, 5) is 2.34. The van der Waals surface area contributed by atoms with Crippen LogP contribution in [0.4, 0.5) is 8.78 Å². The van der Waals surface area contributed by atoms with Crippen molar-refractivity contribution < 1.29 is 8.78 Å². The molecule has 0 amide bonds. The Kier molecular flexibility index (Phi) is 4.32. The topological polar surface area (TPSA) is 12.0 Å². The van der Waals surface area contributed by atoms with Crippen LogP contribution < -0.4 is 5.32 Å². The fourth-order valence-corrected chi connectivity index (χ4v) is 2.89. The molecule has 0 radical (unpaired) electrons. The molecule has 0 aliphatic heterocycles. The third-order valence-electron chi connectivity index (χ3n) is 3.06. The van der Waals surface area contributed by atoms with Crippen LogP contribution in [0.3, 0.4) is 0 Å². The Balaban J connectivity index is 1.91. The van der Waals surface area contributed by atoms with Gasteiger partial charge in [-0.25, -0.2) is 0 Å². The van der Waals surface area contributed by atoms with Crippen molar-refractivity contribution in [2.24, 2.45) is 0 Å². The fraction of sp³-hybridized carbons (Fsp3) is 0.333. The molecule has 0 saturated carbocycles. The van der Waals surface area contributed by atoms with Crippen molar-refractivity contribution in [1.29, 1.82) is 0 Å². The zero-order chi connectivity index (χ0) is 13.9. The summed E-state index contributed by atoms with van der Waals surface area (Å²) in [7, 11) is 0. The number of alkyl halides is 2. The zero-order valence-electron chi connectivity index (χ0n) is 11.0. The second-order valence-corrected chi connectivity index (χ2v) is 5.97. The van der Waals surface area contributed by atoms with Crippen molar-refractivity contribution >= 4 is 11.3 Å². The van der Waals surface area contributed by atoms with Gasteiger partial charge in [-0.05, 0) is 25.5 Å². The Hall–Kier alpha value is -1.26. The summed E-state index contributed by atoms with van der Waals surface area (Å²) in [5, 5.41) is 2.84. The van der Waals surface area contributed by atoms with Gasteiger partial charge in [-0.2, -0.15) is 8.78 Å². The van der Waals surface area contributed by atoms with Crippen LogP contribution in [0.5, 0.6) is 0 Å². The van der Waals surface area contributed by atoms with Gasteiger partial charge in [0.05, 0.1) is 6.54 Å². The zero-order valence-corrected chi connectivity index (χ0v) is 11.9. The van der Waals surface area contributed by atoms with E-state index in [1.807, 2.05) is 19.9 Å². The second kappa shape index (κ2) is 5.80. The molecule has 1 heterocycles. The van der Waals surface area contributed by atoms with E-state index in [9.17, 15) is 8.78 Å². The summed E-state index contributed by atoms with van der Waals surface area (Å²) in [6.07, 6.45) is 0. The average molecular weight is 281 g/mol. The van der Waals surface area contributed by atoms with Crippen LogP contribution in [0, 0.1) is 13.8 Å². The molecule has 2 aromatic rings. The van der Waals surface area contributed by atoms with Gasteiger partial charge in [-0.1, -0.05) is 30.3 Å². The summed E-state index contributed by atoms with van der Waals surface area (Å²) in [5.41, 5.74) is 1.28. The molecule has 1 aromatic carbocycles. The molecule has 0 saturated heterocycles. The molecule has 0 spiro atoms. The summed E-state index contributed by atoms with van der Waals surface area (Å²) in [5.74, 6) is -2.83. The van der Waals surface area contributed by atoms with Crippen molar-refractivity contribution in [3.8, 4) is 0 Å². The number of nitrogens with one attached hydrogen (secondary N) is 1.